The molecular weight excluding hydrogens is 389 g/mol. The van der Waals surface area contributed by atoms with Crippen LogP contribution in [0.1, 0.15) is 34.8 Å². The maximum atomic E-state index is 13.0. The highest BCUT2D eigenvalue weighted by molar-refractivity contribution is 5.92. The van der Waals surface area contributed by atoms with Gasteiger partial charge in [0, 0.05) is 33.1 Å². The second kappa shape index (κ2) is 9.77. The molecule has 0 aliphatic rings. The highest BCUT2D eigenvalue weighted by Gasteiger charge is 2.17. The average molecular weight is 413 g/mol. The maximum Gasteiger partial charge on any atom is 0.291 e. The van der Waals surface area contributed by atoms with E-state index in [2.05, 4.69) is 25.6 Å². The van der Waals surface area contributed by atoms with Crippen molar-refractivity contribution in [2.75, 3.05) is 19.0 Å². The van der Waals surface area contributed by atoms with Crippen molar-refractivity contribution in [1.29, 1.82) is 0 Å². The number of benzene rings is 1. The van der Waals surface area contributed by atoms with E-state index in [1.54, 1.807) is 18.3 Å². The zero-order chi connectivity index (χ0) is 21.5. The summed E-state index contributed by atoms with van der Waals surface area (Å²) in [5, 5.41) is 13.5. The van der Waals surface area contributed by atoms with Crippen molar-refractivity contribution in [1.82, 2.24) is 30.3 Å². The number of carbonyl (C=O) groups excluding carboxylic acids is 2. The molecule has 9 nitrogen and oxygen atoms in total. The number of aldehydes is 1. The van der Waals surface area contributed by atoms with Gasteiger partial charge in [0.05, 0.1) is 12.2 Å². The molecule has 0 saturated heterocycles. The van der Waals surface area contributed by atoms with Crippen molar-refractivity contribution in [3.05, 3.63) is 59.6 Å². The van der Waals surface area contributed by atoms with Crippen LogP contribution < -0.4 is 10.2 Å². The molecule has 3 aromatic rings. The van der Waals surface area contributed by atoms with Crippen LogP contribution in [0.3, 0.4) is 0 Å². The van der Waals surface area contributed by atoms with Gasteiger partial charge in [-0.15, -0.1) is 5.10 Å². The molecule has 3 rings (SSSR count). The summed E-state index contributed by atoms with van der Waals surface area (Å²) in [5.74, 6) is 0.560. The smallest absolute Gasteiger partial charge is 0.291 e. The van der Waals surface area contributed by atoms with Crippen molar-refractivity contribution in [2.45, 2.75) is 31.8 Å². The van der Waals surface area contributed by atoms with Gasteiger partial charge in [0.2, 0.25) is 5.82 Å². The Bertz CT molecular complexity index is 981. The minimum Gasteiger partial charge on any atom is -0.363 e. The predicted octanol–water partition coefficient (Wildman–Crippen LogP) is 1.57. The maximum absolute atomic E-state index is 13.0. The van der Waals surface area contributed by atoms with Gasteiger partial charge in [-0.3, -0.25) is 9.89 Å². The molecule has 1 atom stereocenters. The van der Waals surface area contributed by atoms with Crippen LogP contribution in [0, 0.1) is 5.82 Å². The lowest BCUT2D eigenvalue weighted by Gasteiger charge is -2.15. The van der Waals surface area contributed by atoms with Gasteiger partial charge >= 0.3 is 0 Å². The topological polar surface area (TPSA) is 109 Å². The summed E-state index contributed by atoms with van der Waals surface area (Å²) >= 11 is 0. The Morgan fingerprint density at radius 2 is 2.07 bits per heavy atom. The number of hydrogen-bond donors (Lipinski definition) is 2. The summed E-state index contributed by atoms with van der Waals surface area (Å²) in [7, 11) is 3.87. The third kappa shape index (κ3) is 5.49. The quantitative estimate of drug-likeness (QED) is 0.489. The normalized spacial score (nSPS) is 11.8. The monoisotopic (exact) mass is 413 g/mol. The van der Waals surface area contributed by atoms with E-state index in [1.165, 1.54) is 12.1 Å². The van der Waals surface area contributed by atoms with Crippen molar-refractivity contribution in [3.8, 4) is 0 Å². The van der Waals surface area contributed by atoms with Gasteiger partial charge in [0.15, 0.2) is 0 Å². The Labute approximate surface area is 173 Å². The van der Waals surface area contributed by atoms with Crippen LogP contribution in [0.4, 0.5) is 10.2 Å². The van der Waals surface area contributed by atoms with E-state index < -0.39 is 11.9 Å². The number of nitrogens with zero attached hydrogens (tertiary/aromatic N) is 5. The van der Waals surface area contributed by atoms with Crippen LogP contribution in [0.15, 0.2) is 36.5 Å². The average Bonchev–Trinajstić information content (AvgIpc) is 3.38. The van der Waals surface area contributed by atoms with Crippen molar-refractivity contribution >= 4 is 18.0 Å². The van der Waals surface area contributed by atoms with Gasteiger partial charge in [0.25, 0.3) is 5.91 Å². The molecule has 158 valence electrons. The number of carbonyl (C=O) groups is 2. The molecule has 1 amide bonds. The molecule has 0 spiro atoms. The molecule has 2 N–H and O–H groups in total. The van der Waals surface area contributed by atoms with E-state index in [9.17, 15) is 14.0 Å². The highest BCUT2D eigenvalue weighted by atomic mass is 19.1. The minimum absolute atomic E-state index is 0.0408. The fraction of sp³-hybridized carbons (Fsp3) is 0.350. The molecule has 0 aliphatic carbocycles. The predicted molar refractivity (Wildman–Crippen MR) is 109 cm³/mol. The van der Waals surface area contributed by atoms with Crippen LogP contribution in [-0.2, 0) is 17.8 Å². The van der Waals surface area contributed by atoms with E-state index in [0.29, 0.717) is 37.9 Å². The lowest BCUT2D eigenvalue weighted by Crippen LogP contribution is -2.36. The first-order valence-corrected chi connectivity index (χ1v) is 9.57. The van der Waals surface area contributed by atoms with Gasteiger partial charge < -0.3 is 15.0 Å². The summed E-state index contributed by atoms with van der Waals surface area (Å²) in [6, 6.07) is 7.27. The summed E-state index contributed by atoms with van der Waals surface area (Å²) in [6.07, 6.45) is 3.95. The number of aryl methyl sites for hydroxylation is 1. The van der Waals surface area contributed by atoms with E-state index in [-0.39, 0.29) is 11.6 Å². The van der Waals surface area contributed by atoms with Crippen LogP contribution >= 0.6 is 0 Å². The fourth-order valence-corrected chi connectivity index (χ4v) is 3.02. The van der Waals surface area contributed by atoms with E-state index in [4.69, 9.17) is 0 Å². The number of rotatable bonds is 10. The summed E-state index contributed by atoms with van der Waals surface area (Å²) in [5.41, 5.74) is 0.834. The Morgan fingerprint density at radius 3 is 2.77 bits per heavy atom. The molecule has 2 heterocycles. The molecule has 30 heavy (non-hydrogen) atoms. The Balaban J connectivity index is 1.51. The number of nitrogens with one attached hydrogen (secondary N) is 2. The third-order valence-electron chi connectivity index (χ3n) is 4.54. The second-order valence-corrected chi connectivity index (χ2v) is 7.07. The molecular formula is C20H24FN7O2. The third-order valence-corrected chi connectivity index (χ3v) is 4.54. The zero-order valence-electron chi connectivity index (χ0n) is 16.9. The molecule has 1 unspecified atom stereocenters. The first-order valence-electron chi connectivity index (χ1n) is 9.57. The van der Waals surface area contributed by atoms with Gasteiger partial charge in [-0.25, -0.2) is 14.1 Å². The van der Waals surface area contributed by atoms with Crippen LogP contribution in [-0.4, -0.2) is 57.3 Å². The number of hydrogen-bond acceptors (Lipinski definition) is 6. The Hall–Kier alpha value is -3.56. The minimum atomic E-state index is -0.644. The largest absolute Gasteiger partial charge is 0.363 e. The van der Waals surface area contributed by atoms with E-state index in [0.717, 1.165) is 11.4 Å². The molecule has 1 aromatic carbocycles. The molecule has 2 aromatic heterocycles. The van der Waals surface area contributed by atoms with Gasteiger partial charge in [0.1, 0.15) is 23.7 Å². The number of aromatic amines is 1. The molecule has 0 fully saturated rings. The number of halogens is 1. The molecule has 0 bridgehead atoms. The fourth-order valence-electron chi connectivity index (χ4n) is 3.02. The molecule has 10 heteroatoms. The molecule has 0 aliphatic heterocycles. The summed E-state index contributed by atoms with van der Waals surface area (Å²) in [6.45, 7) is 0.628. The first kappa shape index (κ1) is 21.2. The molecule has 0 radical (unpaired) electrons. The Morgan fingerprint density at radius 1 is 1.30 bits per heavy atom. The number of aromatic nitrogens is 5. The Kier molecular flexibility index (Phi) is 6.89. The summed E-state index contributed by atoms with van der Waals surface area (Å²) in [4.78, 5) is 29.9. The van der Waals surface area contributed by atoms with Crippen LogP contribution in [0.2, 0.25) is 0 Å². The lowest BCUT2D eigenvalue weighted by atomic mass is 10.1. The standard InChI is InChI=1S/C20H24FN7O2/c1-27(2)18-9-10-22-28(18)11-3-4-16(13-29)23-20(30)19-24-17(25-26-19)12-14-5-7-15(21)8-6-14/h5-10,13,16H,3-4,11-12H2,1-2H3,(H,23,30)(H,24,25,26). The van der Waals surface area contributed by atoms with Crippen molar-refractivity contribution in [3.63, 3.8) is 0 Å². The lowest BCUT2D eigenvalue weighted by molar-refractivity contribution is -0.109. The van der Waals surface area contributed by atoms with Gasteiger partial charge in [-0.2, -0.15) is 5.10 Å². The van der Waals surface area contributed by atoms with E-state index in [1.807, 2.05) is 29.7 Å². The van der Waals surface area contributed by atoms with Crippen molar-refractivity contribution in [2.24, 2.45) is 0 Å². The van der Waals surface area contributed by atoms with Gasteiger partial charge in [-0.1, -0.05) is 12.1 Å². The van der Waals surface area contributed by atoms with Crippen LogP contribution in [0.25, 0.3) is 0 Å². The van der Waals surface area contributed by atoms with Gasteiger partial charge in [-0.05, 0) is 30.5 Å². The van der Waals surface area contributed by atoms with Crippen LogP contribution in [0.5, 0.6) is 0 Å². The van der Waals surface area contributed by atoms with Crippen molar-refractivity contribution < 1.29 is 14.0 Å². The molecule has 0 saturated carbocycles. The van der Waals surface area contributed by atoms with E-state index >= 15 is 0 Å². The summed E-state index contributed by atoms with van der Waals surface area (Å²) < 4.78 is 14.8. The highest BCUT2D eigenvalue weighted by Crippen LogP contribution is 2.11. The first-order chi connectivity index (χ1) is 14.5. The number of anilines is 1. The second-order valence-electron chi connectivity index (χ2n) is 7.07. The number of H-pyrrole nitrogens is 1. The number of amides is 1. The zero-order valence-corrected chi connectivity index (χ0v) is 16.9. The SMILES string of the molecule is CN(C)c1ccnn1CCCC(C=O)NC(=O)c1n[nH]c(Cc2ccc(F)cc2)n1.